The monoisotopic (exact) mass is 352 g/mol. The van der Waals surface area contributed by atoms with Gasteiger partial charge in [-0.25, -0.2) is 8.42 Å². The molecule has 0 unspecified atom stereocenters. The second kappa shape index (κ2) is 6.72. The molecule has 8 heteroatoms. The summed E-state index contributed by atoms with van der Waals surface area (Å²) in [6.07, 6.45) is 2.01. The molecule has 24 heavy (non-hydrogen) atoms. The number of sulfonamides is 1. The Morgan fingerprint density at radius 2 is 1.92 bits per heavy atom. The molecule has 2 aromatic rings. The number of nitrogens with one attached hydrogen (secondary N) is 1. The molecule has 0 atom stereocenters. The highest BCUT2D eigenvalue weighted by molar-refractivity contribution is 7.92. The minimum Gasteiger partial charge on any atom is -0.497 e. The molecule has 1 saturated carbocycles. The number of methoxy groups -OCH3 is 1. The van der Waals surface area contributed by atoms with E-state index in [1.807, 2.05) is 0 Å². The number of aryl methyl sites for hydroxylation is 1. The van der Waals surface area contributed by atoms with Gasteiger partial charge in [-0.3, -0.25) is 4.72 Å². The molecular formula is C16H20N2O5S. The third kappa shape index (κ3) is 4.00. The van der Waals surface area contributed by atoms with Gasteiger partial charge in [-0.05, 0) is 44.0 Å². The Balaban J connectivity index is 1.57. The van der Waals surface area contributed by atoms with Crippen LogP contribution in [0.5, 0.6) is 11.5 Å². The first-order chi connectivity index (χ1) is 11.5. The Kier molecular flexibility index (Phi) is 4.66. The molecule has 130 valence electrons. The SMILES string of the molecule is COc1ccc(OCCS(=O)(=O)Nc2c(C)noc2C2CC2)cc1. The molecule has 7 nitrogen and oxygen atoms in total. The maximum Gasteiger partial charge on any atom is 0.236 e. The number of rotatable bonds is 8. The van der Waals surface area contributed by atoms with Gasteiger partial charge in [0.2, 0.25) is 10.0 Å². The summed E-state index contributed by atoms with van der Waals surface area (Å²) in [5.41, 5.74) is 1.03. The van der Waals surface area contributed by atoms with E-state index in [9.17, 15) is 8.42 Å². The number of benzene rings is 1. The van der Waals surface area contributed by atoms with Crippen LogP contribution in [0.1, 0.15) is 30.2 Å². The van der Waals surface area contributed by atoms with Gasteiger partial charge >= 0.3 is 0 Å². The lowest BCUT2D eigenvalue weighted by Crippen LogP contribution is -2.22. The zero-order valence-corrected chi connectivity index (χ0v) is 14.4. The van der Waals surface area contributed by atoms with Gasteiger partial charge in [-0.1, -0.05) is 5.16 Å². The van der Waals surface area contributed by atoms with E-state index < -0.39 is 10.0 Å². The van der Waals surface area contributed by atoms with Crippen molar-refractivity contribution in [1.29, 1.82) is 0 Å². The van der Waals surface area contributed by atoms with Gasteiger partial charge in [0.1, 0.15) is 35.2 Å². The van der Waals surface area contributed by atoms with Crippen LogP contribution in [-0.2, 0) is 10.0 Å². The molecule has 1 aromatic carbocycles. The summed E-state index contributed by atoms with van der Waals surface area (Å²) >= 11 is 0. The van der Waals surface area contributed by atoms with Crippen molar-refractivity contribution >= 4 is 15.7 Å². The third-order valence-corrected chi connectivity index (χ3v) is 4.99. The fourth-order valence-corrected chi connectivity index (χ4v) is 3.25. The summed E-state index contributed by atoms with van der Waals surface area (Å²) in [5, 5.41) is 3.86. The van der Waals surface area contributed by atoms with Crippen LogP contribution in [0.2, 0.25) is 0 Å². The molecule has 0 radical (unpaired) electrons. The zero-order valence-electron chi connectivity index (χ0n) is 13.6. The van der Waals surface area contributed by atoms with E-state index in [0.717, 1.165) is 12.8 Å². The van der Waals surface area contributed by atoms with Crippen molar-refractivity contribution in [3.8, 4) is 11.5 Å². The summed E-state index contributed by atoms with van der Waals surface area (Å²) in [7, 11) is -1.96. The zero-order chi connectivity index (χ0) is 17.2. The van der Waals surface area contributed by atoms with Crippen LogP contribution in [0.25, 0.3) is 0 Å². The molecule has 3 rings (SSSR count). The lowest BCUT2D eigenvalue weighted by molar-refractivity contribution is 0.339. The van der Waals surface area contributed by atoms with E-state index >= 15 is 0 Å². The minimum atomic E-state index is -3.54. The predicted molar refractivity (Wildman–Crippen MR) is 89.1 cm³/mol. The Hall–Kier alpha value is -2.22. The minimum absolute atomic E-state index is 0.0464. The second-order valence-corrected chi connectivity index (χ2v) is 7.57. The molecule has 1 fully saturated rings. The largest absolute Gasteiger partial charge is 0.497 e. The standard InChI is InChI=1S/C16H20N2O5S/c1-11-15(16(23-17-11)12-3-4-12)18-24(19,20)10-9-22-14-7-5-13(21-2)6-8-14/h5-8,12,18H,3-4,9-10H2,1-2H3. The van der Waals surface area contributed by atoms with Gasteiger partial charge in [0.05, 0.1) is 7.11 Å². The number of anilines is 1. The smallest absolute Gasteiger partial charge is 0.236 e. The quantitative estimate of drug-likeness (QED) is 0.785. The van der Waals surface area contributed by atoms with Crippen LogP contribution < -0.4 is 14.2 Å². The molecule has 0 saturated heterocycles. The maximum absolute atomic E-state index is 12.3. The lowest BCUT2D eigenvalue weighted by Gasteiger charge is -2.10. The lowest BCUT2D eigenvalue weighted by atomic mass is 10.2. The van der Waals surface area contributed by atoms with E-state index in [1.165, 1.54) is 0 Å². The Labute approximate surface area is 141 Å². The van der Waals surface area contributed by atoms with Gasteiger partial charge < -0.3 is 14.0 Å². The van der Waals surface area contributed by atoms with Crippen LogP contribution in [0.4, 0.5) is 5.69 Å². The average Bonchev–Trinajstić information content (AvgIpc) is 3.34. The number of hydrogen-bond acceptors (Lipinski definition) is 6. The molecule has 1 aliphatic carbocycles. The van der Waals surface area contributed by atoms with E-state index in [2.05, 4.69) is 9.88 Å². The van der Waals surface area contributed by atoms with Crippen molar-refractivity contribution in [2.75, 3.05) is 24.2 Å². The van der Waals surface area contributed by atoms with Crippen LogP contribution >= 0.6 is 0 Å². The summed E-state index contributed by atoms with van der Waals surface area (Å²) < 4.78 is 42.9. The average molecular weight is 352 g/mol. The number of aromatic nitrogens is 1. The molecular weight excluding hydrogens is 332 g/mol. The summed E-state index contributed by atoms with van der Waals surface area (Å²) in [6.45, 7) is 1.77. The topological polar surface area (TPSA) is 90.7 Å². The fraction of sp³-hybridized carbons (Fsp3) is 0.438. The molecule has 1 aliphatic rings. The van der Waals surface area contributed by atoms with Crippen LogP contribution in [0, 0.1) is 6.92 Å². The van der Waals surface area contributed by atoms with E-state index in [4.69, 9.17) is 14.0 Å². The summed E-state index contributed by atoms with van der Waals surface area (Å²) in [5.74, 6) is 2.05. The first-order valence-electron chi connectivity index (χ1n) is 7.72. The van der Waals surface area contributed by atoms with Crippen molar-refractivity contribution < 1.29 is 22.4 Å². The molecule has 1 aromatic heterocycles. The summed E-state index contributed by atoms with van der Waals surface area (Å²) in [4.78, 5) is 0. The highest BCUT2D eigenvalue weighted by atomic mass is 32.2. The molecule has 0 bridgehead atoms. The second-order valence-electron chi connectivity index (χ2n) is 5.73. The molecule has 0 aliphatic heterocycles. The van der Waals surface area contributed by atoms with Gasteiger partial charge in [0.25, 0.3) is 0 Å². The van der Waals surface area contributed by atoms with Gasteiger partial charge in [-0.2, -0.15) is 0 Å². The van der Waals surface area contributed by atoms with Crippen LogP contribution in [0.3, 0.4) is 0 Å². The Morgan fingerprint density at radius 3 is 2.54 bits per heavy atom. The summed E-state index contributed by atoms with van der Waals surface area (Å²) in [6, 6.07) is 6.97. The van der Waals surface area contributed by atoms with Crippen molar-refractivity contribution in [3.05, 3.63) is 35.7 Å². The van der Waals surface area contributed by atoms with Gasteiger partial charge in [0.15, 0.2) is 5.76 Å². The normalized spacial score (nSPS) is 14.4. The third-order valence-electron chi connectivity index (χ3n) is 3.78. The van der Waals surface area contributed by atoms with E-state index in [0.29, 0.717) is 28.6 Å². The Bertz CT molecular complexity index is 794. The fourth-order valence-electron chi connectivity index (χ4n) is 2.28. The van der Waals surface area contributed by atoms with Crippen LogP contribution in [-0.4, -0.2) is 33.0 Å². The van der Waals surface area contributed by atoms with Crippen LogP contribution in [0.15, 0.2) is 28.8 Å². The van der Waals surface area contributed by atoms with Crippen molar-refractivity contribution in [1.82, 2.24) is 5.16 Å². The number of nitrogens with zero attached hydrogens (tertiary/aromatic N) is 1. The Morgan fingerprint density at radius 1 is 1.25 bits per heavy atom. The molecule has 0 spiro atoms. The van der Waals surface area contributed by atoms with Crippen molar-refractivity contribution in [2.45, 2.75) is 25.7 Å². The number of hydrogen-bond donors (Lipinski definition) is 1. The molecule has 0 amide bonds. The van der Waals surface area contributed by atoms with E-state index in [-0.39, 0.29) is 18.3 Å². The number of ether oxygens (including phenoxy) is 2. The maximum atomic E-state index is 12.3. The van der Waals surface area contributed by atoms with Gasteiger partial charge in [0, 0.05) is 5.92 Å². The molecule has 1 heterocycles. The molecule has 1 N–H and O–H groups in total. The van der Waals surface area contributed by atoms with Gasteiger partial charge in [-0.15, -0.1) is 0 Å². The first-order valence-corrected chi connectivity index (χ1v) is 9.37. The van der Waals surface area contributed by atoms with Crippen molar-refractivity contribution in [3.63, 3.8) is 0 Å². The predicted octanol–water partition coefficient (Wildman–Crippen LogP) is 2.69. The highest BCUT2D eigenvalue weighted by Crippen LogP contribution is 2.44. The highest BCUT2D eigenvalue weighted by Gasteiger charge is 2.33. The van der Waals surface area contributed by atoms with Crippen molar-refractivity contribution in [2.24, 2.45) is 0 Å². The van der Waals surface area contributed by atoms with E-state index in [1.54, 1.807) is 38.3 Å². The first kappa shape index (κ1) is 16.6.